The minimum absolute atomic E-state index is 0.941. The number of pyridine rings is 1. The number of piperidine rings is 1. The Morgan fingerprint density at radius 3 is 2.78 bits per heavy atom. The number of aromatic nitrogens is 1. The molecule has 1 saturated heterocycles. The molecule has 0 N–H and O–H groups in total. The van der Waals surface area contributed by atoms with Crippen LogP contribution in [0.2, 0.25) is 0 Å². The van der Waals surface area contributed by atoms with Gasteiger partial charge in [0.05, 0.1) is 0 Å². The van der Waals surface area contributed by atoms with Gasteiger partial charge in [-0.05, 0) is 62.8 Å². The second-order valence-corrected chi connectivity index (χ2v) is 7.46. The highest BCUT2D eigenvalue weighted by Gasteiger charge is 2.08. The van der Waals surface area contributed by atoms with Crippen molar-refractivity contribution in [2.45, 2.75) is 38.6 Å². The molecule has 0 amide bonds. The van der Waals surface area contributed by atoms with Gasteiger partial charge in [-0.1, -0.05) is 36.5 Å². The molecular weight excluding hydrogens is 330 g/mol. The number of likely N-dealkylation sites (tertiary alicyclic amines) is 1. The third kappa shape index (κ3) is 7.17. The van der Waals surface area contributed by atoms with Crippen LogP contribution in [-0.2, 0) is 13.0 Å². The minimum atomic E-state index is 0.941. The second-order valence-electron chi connectivity index (χ2n) is 7.46. The Labute approximate surface area is 164 Å². The molecule has 1 aliphatic rings. The molecule has 27 heavy (non-hydrogen) atoms. The SMILES string of the molecule is CN(CCc1ccccn1)Cc1cccc(C#CCCN2CCCCC2)c1. The average Bonchev–Trinajstić information content (AvgIpc) is 2.72. The summed E-state index contributed by atoms with van der Waals surface area (Å²) < 4.78 is 0. The van der Waals surface area contributed by atoms with Crippen LogP contribution in [0.3, 0.4) is 0 Å². The highest BCUT2D eigenvalue weighted by molar-refractivity contribution is 5.37. The molecule has 0 unspecified atom stereocenters. The van der Waals surface area contributed by atoms with Gasteiger partial charge in [0.2, 0.25) is 0 Å². The quantitative estimate of drug-likeness (QED) is 0.695. The predicted molar refractivity (Wildman–Crippen MR) is 113 cm³/mol. The lowest BCUT2D eigenvalue weighted by molar-refractivity contribution is 0.234. The van der Waals surface area contributed by atoms with Crippen LogP contribution >= 0.6 is 0 Å². The standard InChI is InChI=1S/C24H31N3/c1-26(19-14-24-13-3-5-15-25-24)21-23-12-9-11-22(20-23)10-4-8-18-27-16-6-2-7-17-27/h3,5,9,11-13,15,20H,2,6-8,14,16-19,21H2,1H3. The van der Waals surface area contributed by atoms with E-state index in [0.717, 1.165) is 43.7 Å². The first-order valence-corrected chi connectivity index (χ1v) is 10.2. The summed E-state index contributed by atoms with van der Waals surface area (Å²) in [6.07, 6.45) is 7.90. The summed E-state index contributed by atoms with van der Waals surface area (Å²) in [6.45, 7) is 5.56. The Morgan fingerprint density at radius 1 is 1.07 bits per heavy atom. The van der Waals surface area contributed by atoms with Crippen LogP contribution in [0.15, 0.2) is 48.7 Å². The van der Waals surface area contributed by atoms with E-state index in [1.165, 1.54) is 37.9 Å². The van der Waals surface area contributed by atoms with Crippen molar-refractivity contribution in [3.8, 4) is 11.8 Å². The van der Waals surface area contributed by atoms with E-state index in [2.05, 4.69) is 70.1 Å². The van der Waals surface area contributed by atoms with Crippen molar-refractivity contribution in [3.63, 3.8) is 0 Å². The first-order chi connectivity index (χ1) is 13.3. The van der Waals surface area contributed by atoms with E-state index in [0.29, 0.717) is 0 Å². The zero-order chi connectivity index (χ0) is 18.7. The fraction of sp³-hybridized carbons (Fsp3) is 0.458. The average molecular weight is 362 g/mol. The largest absolute Gasteiger partial charge is 0.302 e. The minimum Gasteiger partial charge on any atom is -0.302 e. The molecule has 3 rings (SSSR count). The lowest BCUT2D eigenvalue weighted by atomic mass is 10.1. The van der Waals surface area contributed by atoms with Gasteiger partial charge in [-0.15, -0.1) is 0 Å². The molecule has 1 fully saturated rings. The maximum absolute atomic E-state index is 4.40. The molecule has 0 saturated carbocycles. The third-order valence-corrected chi connectivity index (χ3v) is 5.09. The predicted octanol–water partition coefficient (Wildman–Crippen LogP) is 3.98. The maximum Gasteiger partial charge on any atom is 0.0416 e. The van der Waals surface area contributed by atoms with E-state index in [-0.39, 0.29) is 0 Å². The van der Waals surface area contributed by atoms with Crippen LogP contribution in [0.1, 0.15) is 42.5 Å². The zero-order valence-electron chi connectivity index (χ0n) is 16.5. The monoisotopic (exact) mass is 361 g/mol. The van der Waals surface area contributed by atoms with E-state index in [9.17, 15) is 0 Å². The van der Waals surface area contributed by atoms with Crippen molar-refractivity contribution in [2.24, 2.45) is 0 Å². The Hall–Kier alpha value is -2.15. The number of hydrogen-bond acceptors (Lipinski definition) is 3. The van der Waals surface area contributed by atoms with Crippen molar-refractivity contribution in [1.29, 1.82) is 0 Å². The van der Waals surface area contributed by atoms with Gasteiger partial charge < -0.3 is 9.80 Å². The molecule has 2 heterocycles. The summed E-state index contributed by atoms with van der Waals surface area (Å²) in [5, 5.41) is 0. The Bertz CT molecular complexity index is 739. The van der Waals surface area contributed by atoms with E-state index < -0.39 is 0 Å². The van der Waals surface area contributed by atoms with Crippen LogP contribution in [0.5, 0.6) is 0 Å². The second kappa shape index (κ2) is 10.9. The molecule has 0 radical (unpaired) electrons. The third-order valence-electron chi connectivity index (χ3n) is 5.09. The molecule has 0 bridgehead atoms. The van der Waals surface area contributed by atoms with Crippen molar-refractivity contribution in [3.05, 3.63) is 65.5 Å². The summed E-state index contributed by atoms with van der Waals surface area (Å²) in [7, 11) is 2.17. The van der Waals surface area contributed by atoms with Crippen molar-refractivity contribution < 1.29 is 0 Å². The van der Waals surface area contributed by atoms with Gasteiger partial charge in [0.1, 0.15) is 0 Å². The summed E-state index contributed by atoms with van der Waals surface area (Å²) in [5.41, 5.74) is 3.60. The summed E-state index contributed by atoms with van der Waals surface area (Å²) in [5.74, 6) is 6.71. The summed E-state index contributed by atoms with van der Waals surface area (Å²) in [6, 6.07) is 14.8. The van der Waals surface area contributed by atoms with E-state index in [1.807, 2.05) is 12.3 Å². The Morgan fingerprint density at radius 2 is 1.96 bits per heavy atom. The molecule has 3 nitrogen and oxygen atoms in total. The smallest absolute Gasteiger partial charge is 0.0416 e. The van der Waals surface area contributed by atoms with Gasteiger partial charge in [-0.3, -0.25) is 4.98 Å². The van der Waals surface area contributed by atoms with Crippen LogP contribution in [0.4, 0.5) is 0 Å². The van der Waals surface area contributed by atoms with Crippen molar-refractivity contribution in [2.75, 3.05) is 33.2 Å². The fourth-order valence-electron chi connectivity index (χ4n) is 3.55. The fourth-order valence-corrected chi connectivity index (χ4v) is 3.55. The van der Waals surface area contributed by atoms with Gasteiger partial charge in [-0.25, -0.2) is 0 Å². The lowest BCUT2D eigenvalue weighted by Crippen LogP contribution is -2.30. The van der Waals surface area contributed by atoms with Crippen LogP contribution in [0.25, 0.3) is 0 Å². The number of nitrogens with zero attached hydrogens (tertiary/aromatic N) is 3. The number of hydrogen-bond donors (Lipinski definition) is 0. The molecule has 1 aromatic carbocycles. The molecule has 0 aliphatic carbocycles. The highest BCUT2D eigenvalue weighted by Crippen LogP contribution is 2.09. The molecule has 0 spiro atoms. The van der Waals surface area contributed by atoms with Crippen LogP contribution < -0.4 is 0 Å². The van der Waals surface area contributed by atoms with Crippen molar-refractivity contribution >= 4 is 0 Å². The number of benzene rings is 1. The highest BCUT2D eigenvalue weighted by atomic mass is 15.1. The zero-order valence-corrected chi connectivity index (χ0v) is 16.5. The molecule has 2 aromatic rings. The molecule has 3 heteroatoms. The van der Waals surface area contributed by atoms with Gasteiger partial charge in [0, 0.05) is 49.9 Å². The summed E-state index contributed by atoms with van der Waals surface area (Å²) >= 11 is 0. The van der Waals surface area contributed by atoms with Gasteiger partial charge >= 0.3 is 0 Å². The van der Waals surface area contributed by atoms with Gasteiger partial charge in [0.15, 0.2) is 0 Å². The normalized spacial score (nSPS) is 14.7. The van der Waals surface area contributed by atoms with Gasteiger partial charge in [0.25, 0.3) is 0 Å². The first kappa shape index (κ1) is 19.6. The van der Waals surface area contributed by atoms with Crippen molar-refractivity contribution in [1.82, 2.24) is 14.8 Å². The van der Waals surface area contributed by atoms with E-state index >= 15 is 0 Å². The van der Waals surface area contributed by atoms with Crippen LogP contribution in [0, 0.1) is 11.8 Å². The lowest BCUT2D eigenvalue weighted by Gasteiger charge is -2.25. The molecule has 1 aliphatic heterocycles. The number of rotatable bonds is 7. The van der Waals surface area contributed by atoms with E-state index in [4.69, 9.17) is 0 Å². The number of likely N-dealkylation sites (N-methyl/N-ethyl adjacent to an activating group) is 1. The first-order valence-electron chi connectivity index (χ1n) is 10.2. The van der Waals surface area contributed by atoms with E-state index in [1.54, 1.807) is 0 Å². The molecule has 0 atom stereocenters. The Kier molecular flexibility index (Phi) is 7.89. The maximum atomic E-state index is 4.40. The molecule has 1 aromatic heterocycles. The van der Waals surface area contributed by atoms with Crippen LogP contribution in [-0.4, -0.2) is 48.0 Å². The topological polar surface area (TPSA) is 19.4 Å². The van der Waals surface area contributed by atoms with Gasteiger partial charge in [-0.2, -0.15) is 0 Å². The Balaban J connectivity index is 1.44. The molecular formula is C24H31N3. The molecule has 142 valence electrons. The summed E-state index contributed by atoms with van der Waals surface area (Å²) in [4.78, 5) is 9.29.